The van der Waals surface area contributed by atoms with Gasteiger partial charge in [0.15, 0.2) is 0 Å². The van der Waals surface area contributed by atoms with E-state index in [1.165, 1.54) is 57.4 Å². The van der Waals surface area contributed by atoms with Gasteiger partial charge in [0.1, 0.15) is 0 Å². The van der Waals surface area contributed by atoms with Crippen LogP contribution in [0.3, 0.4) is 0 Å². The quantitative estimate of drug-likeness (QED) is 0.201. The molecule has 0 heterocycles. The monoisotopic (exact) mass is 396 g/mol. The fourth-order valence-corrected chi connectivity index (χ4v) is 4.88. The van der Waals surface area contributed by atoms with Gasteiger partial charge in [-0.2, -0.15) is 0 Å². The number of para-hydroxylation sites is 1. The first-order valence-corrected chi connectivity index (χ1v) is 10.8. The Bertz CT molecular complexity index is 528. The van der Waals surface area contributed by atoms with Crippen LogP contribution >= 0.6 is 0 Å². The molecule has 0 N–H and O–H groups in total. The maximum atomic E-state index is 11.1. The Morgan fingerprint density at radius 3 is 2.25 bits per heavy atom. The van der Waals surface area contributed by atoms with E-state index in [9.17, 15) is 15.4 Å². The van der Waals surface area contributed by atoms with Gasteiger partial charge in [-0.25, -0.2) is 0 Å². The summed E-state index contributed by atoms with van der Waals surface area (Å²) in [5.74, 6) is 0. The Balaban J connectivity index is 2.24. The number of nitriles is 1. The van der Waals surface area contributed by atoms with Crippen molar-refractivity contribution in [2.45, 2.75) is 75.9 Å². The van der Waals surface area contributed by atoms with Crippen LogP contribution in [-0.2, 0) is 0 Å². The van der Waals surface area contributed by atoms with Crippen LogP contribution in [0, 0.1) is 21.4 Å². The number of nitro groups is 1. The molecule has 132 valence electrons. The number of benzene rings is 1. The van der Waals surface area contributed by atoms with Gasteiger partial charge in [0, 0.05) is 0 Å². The first-order valence-electron chi connectivity index (χ1n) is 8.98. The molecule has 0 saturated heterocycles. The molecule has 4 nitrogen and oxygen atoms in total. The summed E-state index contributed by atoms with van der Waals surface area (Å²) in [6.45, 7) is 2.23. The molecule has 0 radical (unpaired) electrons. The fourth-order valence-electron chi connectivity index (χ4n) is 2.65. The van der Waals surface area contributed by atoms with Crippen molar-refractivity contribution in [1.29, 1.82) is 5.26 Å². The Morgan fingerprint density at radius 2 is 1.67 bits per heavy atom. The molecular weight excluding hydrogens is 367 g/mol. The third-order valence-corrected chi connectivity index (χ3v) is 6.61. The summed E-state index contributed by atoms with van der Waals surface area (Å²) in [6.07, 6.45) is 12.3. The first kappa shape index (κ1) is 20.7. The number of nitro benzene ring substituents is 1. The van der Waals surface area contributed by atoms with Gasteiger partial charge in [0.25, 0.3) is 0 Å². The van der Waals surface area contributed by atoms with Gasteiger partial charge < -0.3 is 0 Å². The second-order valence-electron chi connectivity index (χ2n) is 6.08. The summed E-state index contributed by atoms with van der Waals surface area (Å²) in [6, 6.07) is 9.17. The molecule has 0 spiro atoms. The molecular formula is C19H28N2O2Se. The number of hydrogen-bond donors (Lipinski definition) is 0. The van der Waals surface area contributed by atoms with Crippen molar-refractivity contribution in [1.82, 2.24) is 0 Å². The number of hydrogen-bond acceptors (Lipinski definition) is 3. The minimum atomic E-state index is -0.343. The van der Waals surface area contributed by atoms with Crippen molar-refractivity contribution in [2.24, 2.45) is 0 Å². The molecule has 1 aromatic carbocycles. The second kappa shape index (κ2) is 13.0. The topological polar surface area (TPSA) is 66.9 Å². The van der Waals surface area contributed by atoms with Gasteiger partial charge in [-0.1, -0.05) is 0 Å². The average Bonchev–Trinajstić information content (AvgIpc) is 2.59. The summed E-state index contributed by atoms with van der Waals surface area (Å²) in [5.41, 5.74) is 0.157. The van der Waals surface area contributed by atoms with Gasteiger partial charge in [0.2, 0.25) is 0 Å². The Labute approximate surface area is 152 Å². The minimum absolute atomic E-state index is 0.0665. The fraction of sp³-hybridized carbons (Fsp3) is 0.632. The molecule has 1 rings (SSSR count). The van der Waals surface area contributed by atoms with E-state index in [-0.39, 0.29) is 30.4 Å². The third kappa shape index (κ3) is 8.47. The molecule has 0 aliphatic rings. The Kier molecular flexibility index (Phi) is 11.2. The van der Waals surface area contributed by atoms with Crippen molar-refractivity contribution >= 4 is 25.1 Å². The molecule has 1 atom stereocenters. The van der Waals surface area contributed by atoms with Crippen molar-refractivity contribution in [3.8, 4) is 6.07 Å². The van der Waals surface area contributed by atoms with Crippen LogP contribution in [0.1, 0.15) is 71.1 Å². The zero-order valence-corrected chi connectivity index (χ0v) is 16.3. The SMILES string of the molecule is CCCCCCCCCCCC(C#N)[Se]c1ccccc1[N+](=O)[O-]. The molecule has 0 amide bonds. The van der Waals surface area contributed by atoms with Crippen molar-refractivity contribution in [3.05, 3.63) is 34.4 Å². The zero-order chi connectivity index (χ0) is 17.6. The summed E-state index contributed by atoms with van der Waals surface area (Å²) in [7, 11) is 0. The number of unbranched alkanes of at least 4 members (excludes halogenated alkanes) is 8. The van der Waals surface area contributed by atoms with Crippen LogP contribution in [0.25, 0.3) is 0 Å². The molecule has 1 unspecified atom stereocenters. The van der Waals surface area contributed by atoms with E-state index in [4.69, 9.17) is 0 Å². The summed E-state index contributed by atoms with van der Waals surface area (Å²) < 4.78 is 0.734. The van der Waals surface area contributed by atoms with Crippen molar-refractivity contribution in [2.75, 3.05) is 0 Å². The Hall–Kier alpha value is -1.37. The normalized spacial score (nSPS) is 11.8. The third-order valence-electron chi connectivity index (χ3n) is 4.05. The van der Waals surface area contributed by atoms with Crippen LogP contribution in [0.5, 0.6) is 0 Å². The summed E-state index contributed by atoms with van der Waals surface area (Å²) >= 11 is -0.154. The van der Waals surface area contributed by atoms with Crippen LogP contribution in [0.2, 0.25) is 4.82 Å². The maximum absolute atomic E-state index is 11.1. The first-order chi connectivity index (χ1) is 11.7. The molecule has 24 heavy (non-hydrogen) atoms. The molecule has 0 aromatic heterocycles. The molecule has 0 aliphatic carbocycles. The standard InChI is InChI=1S/C19H28N2O2Se/c1-2-3-4-5-6-7-8-9-10-13-17(16-20)24-19-15-12-11-14-18(19)21(22)23/h11-12,14-15,17H,2-10,13H2,1H3. The summed E-state index contributed by atoms with van der Waals surface area (Å²) in [4.78, 5) is 10.6. The van der Waals surface area contributed by atoms with E-state index in [1.807, 2.05) is 6.07 Å². The van der Waals surface area contributed by atoms with Gasteiger partial charge >= 0.3 is 152 Å². The second-order valence-corrected chi connectivity index (χ2v) is 8.69. The molecule has 5 heteroatoms. The van der Waals surface area contributed by atoms with E-state index < -0.39 is 0 Å². The van der Waals surface area contributed by atoms with Gasteiger partial charge in [0.05, 0.1) is 0 Å². The zero-order valence-electron chi connectivity index (χ0n) is 14.6. The van der Waals surface area contributed by atoms with Gasteiger partial charge in [-0.3, -0.25) is 0 Å². The molecule has 0 aliphatic heterocycles. The van der Waals surface area contributed by atoms with Crippen molar-refractivity contribution in [3.63, 3.8) is 0 Å². The van der Waals surface area contributed by atoms with E-state index >= 15 is 0 Å². The van der Waals surface area contributed by atoms with Crippen LogP contribution in [0.4, 0.5) is 5.69 Å². The number of rotatable bonds is 13. The molecule has 0 fully saturated rings. The van der Waals surface area contributed by atoms with E-state index in [2.05, 4.69) is 13.0 Å². The van der Waals surface area contributed by atoms with Gasteiger partial charge in [-0.05, 0) is 0 Å². The Morgan fingerprint density at radius 1 is 1.08 bits per heavy atom. The predicted octanol–water partition coefficient (Wildman–Crippen LogP) is 5.16. The van der Waals surface area contributed by atoms with Crippen LogP contribution in [0.15, 0.2) is 24.3 Å². The van der Waals surface area contributed by atoms with E-state index in [0.29, 0.717) is 0 Å². The number of nitrogens with zero attached hydrogens (tertiary/aromatic N) is 2. The predicted molar refractivity (Wildman–Crippen MR) is 99.7 cm³/mol. The summed E-state index contributed by atoms with van der Waals surface area (Å²) in [5, 5.41) is 20.4. The van der Waals surface area contributed by atoms with Crippen LogP contribution < -0.4 is 4.46 Å². The van der Waals surface area contributed by atoms with E-state index in [1.54, 1.807) is 12.1 Å². The average molecular weight is 395 g/mol. The van der Waals surface area contributed by atoms with Crippen LogP contribution in [-0.4, -0.2) is 19.9 Å². The molecule has 1 aromatic rings. The van der Waals surface area contributed by atoms with Crippen molar-refractivity contribution < 1.29 is 4.92 Å². The molecule has 0 bridgehead atoms. The molecule has 0 saturated carbocycles. The van der Waals surface area contributed by atoms with Gasteiger partial charge in [-0.15, -0.1) is 0 Å². The van der Waals surface area contributed by atoms with E-state index in [0.717, 1.165) is 17.3 Å².